The average Bonchev–Trinajstić information content (AvgIpc) is 3.55. The number of benzene rings is 5. The van der Waals surface area contributed by atoms with E-state index in [-0.39, 0.29) is 11.4 Å². The Morgan fingerprint density at radius 1 is 0.830 bits per heavy atom. The van der Waals surface area contributed by atoms with E-state index in [1.807, 2.05) is 66.7 Å². The molecule has 7 aromatic rings. The van der Waals surface area contributed by atoms with E-state index >= 15 is 0 Å². The van der Waals surface area contributed by atoms with Gasteiger partial charge in [-0.3, -0.25) is 4.79 Å². The summed E-state index contributed by atoms with van der Waals surface area (Å²) in [5, 5.41) is 8.14. The monoisotopic (exact) mass is 621 g/mol. The minimum atomic E-state index is -0.331. The summed E-state index contributed by atoms with van der Waals surface area (Å²) in [6.45, 7) is 4.31. The van der Waals surface area contributed by atoms with Gasteiger partial charge in [-0.25, -0.2) is 4.98 Å². The minimum absolute atomic E-state index is 0.261. The third-order valence-electron chi connectivity index (χ3n) is 8.03. The Morgan fingerprint density at radius 2 is 1.60 bits per heavy atom. The van der Waals surface area contributed by atoms with Crippen molar-refractivity contribution in [1.29, 1.82) is 0 Å². The predicted octanol–water partition coefficient (Wildman–Crippen LogP) is 8.17. The summed E-state index contributed by atoms with van der Waals surface area (Å²) in [7, 11) is 3.20. The molecular weight excluding hydrogens is 590 g/mol. The summed E-state index contributed by atoms with van der Waals surface area (Å²) in [5.41, 5.74) is 3.45. The van der Waals surface area contributed by atoms with Gasteiger partial charge in [0.2, 0.25) is 5.82 Å². The van der Waals surface area contributed by atoms with Crippen molar-refractivity contribution in [2.45, 2.75) is 13.0 Å². The molecule has 7 rings (SSSR count). The van der Waals surface area contributed by atoms with Gasteiger partial charge in [-0.1, -0.05) is 66.7 Å². The first-order valence-electron chi connectivity index (χ1n) is 15.1. The third kappa shape index (κ3) is 5.61. The maximum atomic E-state index is 13.8. The maximum Gasteiger partial charge on any atom is 0.282 e. The Morgan fingerprint density at radius 3 is 2.43 bits per heavy atom. The van der Waals surface area contributed by atoms with Crippen LogP contribution in [0.25, 0.3) is 44.2 Å². The normalized spacial score (nSPS) is 11.4. The summed E-state index contributed by atoms with van der Waals surface area (Å²) in [4.78, 5) is 18.6. The number of allylic oxidation sites excluding steroid dienone is 1. The predicted molar refractivity (Wildman–Crippen MR) is 186 cm³/mol. The van der Waals surface area contributed by atoms with Crippen LogP contribution in [0.1, 0.15) is 16.7 Å². The molecular formula is C39H31N3O5. The number of aromatic nitrogens is 2. The van der Waals surface area contributed by atoms with Gasteiger partial charge in [0.05, 0.1) is 36.7 Å². The first-order valence-corrected chi connectivity index (χ1v) is 15.1. The molecule has 0 saturated carbocycles. The first-order chi connectivity index (χ1) is 23.1. The topological polar surface area (TPSA) is 88.1 Å². The van der Waals surface area contributed by atoms with Crippen molar-refractivity contribution in [2.24, 2.45) is 5.10 Å². The molecule has 0 aliphatic carbocycles. The van der Waals surface area contributed by atoms with Crippen molar-refractivity contribution in [2.75, 3.05) is 14.2 Å². The molecule has 2 heterocycles. The van der Waals surface area contributed by atoms with E-state index in [1.54, 1.807) is 38.6 Å². The van der Waals surface area contributed by atoms with Gasteiger partial charge in [0, 0.05) is 5.56 Å². The number of para-hydroxylation sites is 1. The number of hydrogen-bond donors (Lipinski definition) is 0. The molecule has 0 fully saturated rings. The zero-order chi connectivity index (χ0) is 32.3. The fourth-order valence-corrected chi connectivity index (χ4v) is 5.79. The Bertz CT molecular complexity index is 2360. The van der Waals surface area contributed by atoms with E-state index in [4.69, 9.17) is 23.6 Å². The van der Waals surface area contributed by atoms with Crippen molar-refractivity contribution in [1.82, 2.24) is 9.66 Å². The highest BCUT2D eigenvalue weighted by Gasteiger charge is 2.19. The molecule has 0 amide bonds. The molecule has 2 aromatic heterocycles. The van der Waals surface area contributed by atoms with Crippen LogP contribution in [0.4, 0.5) is 0 Å². The molecule has 0 atom stereocenters. The first kappa shape index (κ1) is 29.6. The highest BCUT2D eigenvalue weighted by molar-refractivity contribution is 5.89. The van der Waals surface area contributed by atoms with Crippen LogP contribution in [0.3, 0.4) is 0 Å². The molecule has 0 spiro atoms. The Kier molecular flexibility index (Phi) is 7.98. The van der Waals surface area contributed by atoms with Gasteiger partial charge in [0.25, 0.3) is 5.56 Å². The number of hydrogen-bond acceptors (Lipinski definition) is 7. The SMILES string of the molecule is C=CCc1cc(C=Nn2c(-c3cc4c(OC)cccc4o3)nc3ccccc3c2=O)cc(OC)c1OCc1cccc2ccccc12. The molecule has 0 aliphatic rings. The summed E-state index contributed by atoms with van der Waals surface area (Å²) in [6, 6.07) is 32.7. The molecule has 8 heteroatoms. The molecule has 0 bridgehead atoms. The number of fused-ring (bicyclic) bond motifs is 3. The summed E-state index contributed by atoms with van der Waals surface area (Å²) in [5.74, 6) is 2.46. The van der Waals surface area contributed by atoms with Crippen LogP contribution in [-0.4, -0.2) is 30.1 Å². The Balaban J connectivity index is 1.30. The highest BCUT2D eigenvalue weighted by Crippen LogP contribution is 2.35. The van der Waals surface area contributed by atoms with Gasteiger partial charge in [0.15, 0.2) is 17.3 Å². The summed E-state index contributed by atoms with van der Waals surface area (Å²) >= 11 is 0. The van der Waals surface area contributed by atoms with Crippen LogP contribution in [0.5, 0.6) is 17.2 Å². The van der Waals surface area contributed by atoms with Gasteiger partial charge in [-0.2, -0.15) is 9.78 Å². The smallest absolute Gasteiger partial charge is 0.282 e. The lowest BCUT2D eigenvalue weighted by atomic mass is 10.0. The molecule has 0 radical (unpaired) electrons. The van der Waals surface area contributed by atoms with Crippen molar-refractivity contribution in [3.63, 3.8) is 0 Å². The second kappa shape index (κ2) is 12.7. The fraction of sp³-hybridized carbons (Fsp3) is 0.103. The van der Waals surface area contributed by atoms with Crippen molar-refractivity contribution < 1.29 is 18.6 Å². The third-order valence-corrected chi connectivity index (χ3v) is 8.03. The number of ether oxygens (including phenoxy) is 3. The lowest BCUT2D eigenvalue weighted by Gasteiger charge is -2.16. The largest absolute Gasteiger partial charge is 0.496 e. The second-order valence-electron chi connectivity index (χ2n) is 10.9. The van der Waals surface area contributed by atoms with Gasteiger partial charge < -0.3 is 18.6 Å². The van der Waals surface area contributed by atoms with Crippen molar-refractivity contribution >= 4 is 38.9 Å². The molecule has 47 heavy (non-hydrogen) atoms. The van der Waals surface area contributed by atoms with Gasteiger partial charge >= 0.3 is 0 Å². The molecule has 0 unspecified atom stereocenters. The van der Waals surface area contributed by atoms with Crippen LogP contribution in [0, 0.1) is 0 Å². The standard InChI is InChI=1S/C39H31N3O5/c1-4-11-27-20-25(21-35(45-3)37(27)46-24-28-14-9-13-26-12-5-6-15-29(26)28)23-40-42-38(41-32-17-8-7-16-30(32)39(42)43)36-22-31-33(44-2)18-10-19-34(31)47-36/h4-10,12-23H,1,11,24H2,2-3H3. The second-order valence-corrected chi connectivity index (χ2v) is 10.9. The number of rotatable bonds is 10. The lowest BCUT2D eigenvalue weighted by Crippen LogP contribution is -2.20. The summed E-state index contributed by atoms with van der Waals surface area (Å²) in [6.07, 6.45) is 3.95. The van der Waals surface area contributed by atoms with E-state index in [0.29, 0.717) is 58.1 Å². The maximum absolute atomic E-state index is 13.8. The van der Waals surface area contributed by atoms with Gasteiger partial charge in [-0.05, 0) is 70.8 Å². The quantitative estimate of drug-likeness (QED) is 0.113. The minimum Gasteiger partial charge on any atom is -0.496 e. The fourth-order valence-electron chi connectivity index (χ4n) is 5.79. The number of methoxy groups -OCH3 is 2. The van der Waals surface area contributed by atoms with Crippen LogP contribution >= 0.6 is 0 Å². The van der Waals surface area contributed by atoms with E-state index in [2.05, 4.69) is 35.9 Å². The summed E-state index contributed by atoms with van der Waals surface area (Å²) < 4.78 is 25.2. The zero-order valence-electron chi connectivity index (χ0n) is 26.0. The highest BCUT2D eigenvalue weighted by atomic mass is 16.5. The molecule has 0 N–H and O–H groups in total. The van der Waals surface area contributed by atoms with Crippen LogP contribution in [0.15, 0.2) is 130 Å². The molecule has 0 saturated heterocycles. The van der Waals surface area contributed by atoms with Crippen LogP contribution < -0.4 is 19.8 Å². The number of nitrogens with zero attached hydrogens (tertiary/aromatic N) is 3. The molecule has 0 aliphatic heterocycles. The molecule has 8 nitrogen and oxygen atoms in total. The van der Waals surface area contributed by atoms with E-state index < -0.39 is 0 Å². The van der Waals surface area contributed by atoms with E-state index in [0.717, 1.165) is 27.3 Å². The molecule has 5 aromatic carbocycles. The van der Waals surface area contributed by atoms with Gasteiger partial charge in [-0.15, -0.1) is 6.58 Å². The Hall–Kier alpha value is -6.15. The van der Waals surface area contributed by atoms with E-state index in [1.165, 1.54) is 4.68 Å². The molecule has 232 valence electrons. The Labute approximate surface area is 270 Å². The van der Waals surface area contributed by atoms with E-state index in [9.17, 15) is 4.79 Å². The van der Waals surface area contributed by atoms with Crippen molar-refractivity contribution in [3.8, 4) is 28.8 Å². The van der Waals surface area contributed by atoms with Crippen molar-refractivity contribution in [3.05, 3.63) is 143 Å². The van der Waals surface area contributed by atoms with Gasteiger partial charge in [0.1, 0.15) is 17.9 Å². The lowest BCUT2D eigenvalue weighted by molar-refractivity contribution is 0.283. The number of furan rings is 1. The van der Waals surface area contributed by atoms with Crippen LogP contribution in [-0.2, 0) is 13.0 Å². The zero-order valence-corrected chi connectivity index (χ0v) is 26.0. The average molecular weight is 622 g/mol. The van der Waals surface area contributed by atoms with Crippen LogP contribution in [0.2, 0.25) is 0 Å².